The van der Waals surface area contributed by atoms with Crippen molar-refractivity contribution in [1.82, 2.24) is 4.98 Å². The molecule has 0 unspecified atom stereocenters. The van der Waals surface area contributed by atoms with Crippen molar-refractivity contribution in [2.75, 3.05) is 0 Å². The highest BCUT2D eigenvalue weighted by Gasteiger charge is 2.12. The summed E-state index contributed by atoms with van der Waals surface area (Å²) in [5.41, 5.74) is 1.15. The Balaban J connectivity index is 2.11. The van der Waals surface area contributed by atoms with Crippen LogP contribution in [0.3, 0.4) is 0 Å². The van der Waals surface area contributed by atoms with Crippen molar-refractivity contribution >= 4 is 17.3 Å². The molecule has 106 valence electrons. The second-order valence-electron chi connectivity index (χ2n) is 4.46. The number of carboxylic acids is 1. The highest BCUT2D eigenvalue weighted by molar-refractivity contribution is 7.11. The summed E-state index contributed by atoms with van der Waals surface area (Å²) < 4.78 is 5.65. The third kappa shape index (κ3) is 3.36. The van der Waals surface area contributed by atoms with Crippen LogP contribution in [0.15, 0.2) is 24.3 Å². The van der Waals surface area contributed by atoms with E-state index in [1.807, 2.05) is 6.92 Å². The number of aryl methyl sites for hydroxylation is 2. The molecule has 0 aliphatic heterocycles. The summed E-state index contributed by atoms with van der Waals surface area (Å²) in [5.74, 6) is -0.585. The number of aromatic carboxylic acids is 1. The van der Waals surface area contributed by atoms with Gasteiger partial charge in [0.1, 0.15) is 17.9 Å². The van der Waals surface area contributed by atoms with Gasteiger partial charge in [0.2, 0.25) is 0 Å². The lowest BCUT2D eigenvalue weighted by molar-refractivity contribution is 0.0692. The molecule has 2 rings (SSSR count). The zero-order chi connectivity index (χ0) is 14.5. The third-order valence-electron chi connectivity index (χ3n) is 2.88. The van der Waals surface area contributed by atoms with E-state index in [0.717, 1.165) is 28.4 Å². The maximum absolute atomic E-state index is 11.1. The van der Waals surface area contributed by atoms with Gasteiger partial charge in [-0.15, -0.1) is 11.3 Å². The first-order valence-corrected chi connectivity index (χ1v) is 7.33. The van der Waals surface area contributed by atoms with Crippen LogP contribution in [0.4, 0.5) is 0 Å². The van der Waals surface area contributed by atoms with E-state index in [4.69, 9.17) is 9.84 Å². The smallest absolute Gasteiger partial charge is 0.339 e. The van der Waals surface area contributed by atoms with Gasteiger partial charge in [-0.1, -0.05) is 19.1 Å². The van der Waals surface area contributed by atoms with Crippen LogP contribution in [-0.4, -0.2) is 16.1 Å². The Bertz CT molecular complexity index is 607. The van der Waals surface area contributed by atoms with Gasteiger partial charge in [-0.05, 0) is 31.9 Å². The van der Waals surface area contributed by atoms with Crippen molar-refractivity contribution in [2.45, 2.75) is 33.3 Å². The lowest BCUT2D eigenvalue weighted by atomic mass is 10.2. The van der Waals surface area contributed by atoms with E-state index >= 15 is 0 Å². The molecule has 0 saturated heterocycles. The van der Waals surface area contributed by atoms with Crippen LogP contribution in [-0.2, 0) is 13.0 Å². The molecule has 0 atom stereocenters. The van der Waals surface area contributed by atoms with E-state index in [2.05, 4.69) is 11.9 Å². The minimum atomic E-state index is -0.978. The molecule has 0 aliphatic rings. The van der Waals surface area contributed by atoms with Crippen molar-refractivity contribution in [3.8, 4) is 5.75 Å². The van der Waals surface area contributed by atoms with E-state index in [1.165, 1.54) is 0 Å². The molecule has 0 radical (unpaired) electrons. The number of carbonyl (C=O) groups is 1. The first kappa shape index (κ1) is 14.5. The molecule has 0 bridgehead atoms. The van der Waals surface area contributed by atoms with Crippen LogP contribution in [0.5, 0.6) is 5.75 Å². The van der Waals surface area contributed by atoms with Crippen molar-refractivity contribution < 1.29 is 14.6 Å². The van der Waals surface area contributed by atoms with Crippen LogP contribution in [0.2, 0.25) is 0 Å². The Morgan fingerprint density at radius 2 is 2.15 bits per heavy atom. The molecule has 2 aromatic rings. The van der Waals surface area contributed by atoms with Crippen molar-refractivity contribution in [3.05, 3.63) is 45.4 Å². The average Bonchev–Trinajstić information content (AvgIpc) is 2.77. The normalized spacial score (nSPS) is 10.5. The molecule has 1 aromatic carbocycles. The number of hydrogen-bond acceptors (Lipinski definition) is 4. The molecule has 1 aromatic heterocycles. The third-order valence-corrected chi connectivity index (χ3v) is 4.07. The fourth-order valence-electron chi connectivity index (χ4n) is 1.86. The summed E-state index contributed by atoms with van der Waals surface area (Å²) in [6.45, 7) is 4.44. The summed E-state index contributed by atoms with van der Waals surface area (Å²) in [6.07, 6.45) is 2.03. The topological polar surface area (TPSA) is 59.4 Å². The molecule has 0 aliphatic carbocycles. The van der Waals surface area contributed by atoms with Crippen molar-refractivity contribution in [3.63, 3.8) is 0 Å². The molecule has 4 nitrogen and oxygen atoms in total. The SMILES string of the molecule is CCCc1nc(C)c(COc2ccccc2C(=O)O)s1. The Morgan fingerprint density at radius 1 is 1.40 bits per heavy atom. The molecule has 1 heterocycles. The van der Waals surface area contributed by atoms with E-state index in [0.29, 0.717) is 12.4 Å². The van der Waals surface area contributed by atoms with Gasteiger partial charge in [0.05, 0.1) is 15.6 Å². The van der Waals surface area contributed by atoms with Gasteiger partial charge >= 0.3 is 5.97 Å². The molecule has 1 N–H and O–H groups in total. The van der Waals surface area contributed by atoms with Gasteiger partial charge in [-0.2, -0.15) is 0 Å². The van der Waals surface area contributed by atoms with Gasteiger partial charge in [0.15, 0.2) is 0 Å². The maximum Gasteiger partial charge on any atom is 0.339 e. The highest BCUT2D eigenvalue weighted by atomic mass is 32.1. The number of rotatable bonds is 6. The first-order chi connectivity index (χ1) is 9.61. The van der Waals surface area contributed by atoms with Gasteiger partial charge in [0, 0.05) is 0 Å². The van der Waals surface area contributed by atoms with Gasteiger partial charge in [-0.25, -0.2) is 9.78 Å². The predicted molar refractivity (Wildman–Crippen MR) is 78.6 cm³/mol. The van der Waals surface area contributed by atoms with Crippen LogP contribution >= 0.6 is 11.3 Å². The predicted octanol–water partition coefficient (Wildman–Crippen LogP) is 3.68. The second-order valence-corrected chi connectivity index (χ2v) is 5.62. The monoisotopic (exact) mass is 291 g/mol. The molecule has 0 spiro atoms. The molecule has 0 saturated carbocycles. The second kappa shape index (κ2) is 6.52. The number of ether oxygens (including phenoxy) is 1. The summed E-state index contributed by atoms with van der Waals surface area (Å²) in [4.78, 5) is 16.6. The summed E-state index contributed by atoms with van der Waals surface area (Å²) >= 11 is 1.63. The zero-order valence-corrected chi connectivity index (χ0v) is 12.4. The van der Waals surface area contributed by atoms with Gasteiger partial charge in [-0.3, -0.25) is 0 Å². The first-order valence-electron chi connectivity index (χ1n) is 6.52. The Hall–Kier alpha value is -1.88. The zero-order valence-electron chi connectivity index (χ0n) is 11.5. The number of carboxylic acid groups (broad SMARTS) is 1. The van der Waals surface area contributed by atoms with Crippen molar-refractivity contribution in [2.24, 2.45) is 0 Å². The minimum absolute atomic E-state index is 0.184. The lowest BCUT2D eigenvalue weighted by Crippen LogP contribution is -2.03. The number of nitrogens with zero attached hydrogens (tertiary/aromatic N) is 1. The van der Waals surface area contributed by atoms with Gasteiger partial charge in [0.25, 0.3) is 0 Å². The van der Waals surface area contributed by atoms with E-state index in [1.54, 1.807) is 35.6 Å². The Morgan fingerprint density at radius 3 is 2.85 bits per heavy atom. The number of benzene rings is 1. The summed E-state index contributed by atoms with van der Waals surface area (Å²) in [5, 5.41) is 10.2. The molecule has 0 amide bonds. The average molecular weight is 291 g/mol. The number of aromatic nitrogens is 1. The van der Waals surface area contributed by atoms with Crippen LogP contribution in [0.1, 0.15) is 39.3 Å². The molecule has 5 heteroatoms. The number of para-hydroxylation sites is 1. The summed E-state index contributed by atoms with van der Waals surface area (Å²) in [6, 6.07) is 6.67. The fourth-order valence-corrected chi connectivity index (χ4v) is 2.94. The van der Waals surface area contributed by atoms with E-state index < -0.39 is 5.97 Å². The summed E-state index contributed by atoms with van der Waals surface area (Å²) in [7, 11) is 0. The molecular weight excluding hydrogens is 274 g/mol. The van der Waals surface area contributed by atoms with Crippen LogP contribution in [0.25, 0.3) is 0 Å². The van der Waals surface area contributed by atoms with Crippen molar-refractivity contribution in [1.29, 1.82) is 0 Å². The Kier molecular flexibility index (Phi) is 4.74. The highest BCUT2D eigenvalue weighted by Crippen LogP contribution is 2.23. The van der Waals surface area contributed by atoms with E-state index in [-0.39, 0.29) is 5.56 Å². The Labute approximate surface area is 122 Å². The maximum atomic E-state index is 11.1. The molecule has 20 heavy (non-hydrogen) atoms. The van der Waals surface area contributed by atoms with Crippen LogP contribution in [0, 0.1) is 6.92 Å². The fraction of sp³-hybridized carbons (Fsp3) is 0.333. The standard InChI is InChI=1S/C15H17NO3S/c1-3-6-14-16-10(2)13(20-14)9-19-12-8-5-4-7-11(12)15(17)18/h4-5,7-8H,3,6,9H2,1-2H3,(H,17,18). The van der Waals surface area contributed by atoms with Crippen LogP contribution < -0.4 is 4.74 Å². The van der Waals surface area contributed by atoms with E-state index in [9.17, 15) is 4.79 Å². The van der Waals surface area contributed by atoms with Gasteiger partial charge < -0.3 is 9.84 Å². The minimum Gasteiger partial charge on any atom is -0.487 e. The number of hydrogen-bond donors (Lipinski definition) is 1. The lowest BCUT2D eigenvalue weighted by Gasteiger charge is -2.07. The quantitative estimate of drug-likeness (QED) is 0.882. The largest absolute Gasteiger partial charge is 0.487 e. The molecular formula is C15H17NO3S. The molecule has 0 fully saturated rings. The number of thiazole rings is 1.